The summed E-state index contributed by atoms with van der Waals surface area (Å²) in [4.78, 5) is 5.13. The topological polar surface area (TPSA) is 45.4 Å². The largest absolute Gasteiger partial charge is 0.423 e. The summed E-state index contributed by atoms with van der Waals surface area (Å²) >= 11 is 0. The fraction of sp³-hybridized carbons (Fsp3) is 0.875. The van der Waals surface area contributed by atoms with E-state index in [1.807, 2.05) is 0 Å². The molecule has 118 valence electrons. The van der Waals surface area contributed by atoms with Crippen LogP contribution >= 0.6 is 0 Å². The molecule has 0 bridgehead atoms. The Morgan fingerprint density at radius 2 is 1.86 bits per heavy atom. The normalized spacial score (nSPS) is 25.0. The summed E-state index contributed by atoms with van der Waals surface area (Å²) in [5, 5.41) is 8.44. The van der Waals surface area contributed by atoms with E-state index in [2.05, 4.69) is 40.8 Å². The molecule has 0 aliphatic carbocycles. The maximum atomic E-state index is 5.85. The molecule has 2 aliphatic heterocycles. The van der Waals surface area contributed by atoms with Gasteiger partial charge in [-0.2, -0.15) is 0 Å². The Hall–Kier alpha value is -0.940. The summed E-state index contributed by atoms with van der Waals surface area (Å²) in [6, 6.07) is 0.660. The molecule has 1 aromatic heterocycles. The van der Waals surface area contributed by atoms with Gasteiger partial charge in [-0.05, 0) is 45.3 Å². The van der Waals surface area contributed by atoms with Crippen molar-refractivity contribution in [2.45, 2.75) is 64.5 Å². The van der Waals surface area contributed by atoms with Gasteiger partial charge in [0.1, 0.15) is 0 Å². The summed E-state index contributed by atoms with van der Waals surface area (Å²) in [7, 11) is 0. The molecule has 3 rings (SSSR count). The number of hydrogen-bond acceptors (Lipinski definition) is 5. The number of likely N-dealkylation sites (tertiary alicyclic amines) is 2. The molecule has 5 nitrogen and oxygen atoms in total. The number of hydrogen-bond donors (Lipinski definition) is 0. The SMILES string of the molecule is CC(C)(C)c1nnc(CN2CCC[C@@H]2CN2CCCC2)o1. The number of rotatable bonds is 4. The highest BCUT2D eigenvalue weighted by molar-refractivity contribution is 4.96. The van der Waals surface area contributed by atoms with Crippen molar-refractivity contribution in [2.75, 3.05) is 26.2 Å². The van der Waals surface area contributed by atoms with Crippen molar-refractivity contribution in [3.05, 3.63) is 11.8 Å². The second-order valence-corrected chi connectivity index (χ2v) is 7.53. The third-order valence-corrected chi connectivity index (χ3v) is 4.61. The van der Waals surface area contributed by atoms with Crippen LogP contribution in [0.3, 0.4) is 0 Å². The highest BCUT2D eigenvalue weighted by Crippen LogP contribution is 2.24. The van der Waals surface area contributed by atoms with E-state index in [4.69, 9.17) is 4.42 Å². The lowest BCUT2D eigenvalue weighted by atomic mass is 9.97. The van der Waals surface area contributed by atoms with Crippen molar-refractivity contribution < 1.29 is 4.42 Å². The van der Waals surface area contributed by atoms with Gasteiger partial charge in [-0.15, -0.1) is 10.2 Å². The fourth-order valence-corrected chi connectivity index (χ4v) is 3.37. The Morgan fingerprint density at radius 1 is 1.10 bits per heavy atom. The van der Waals surface area contributed by atoms with Crippen LogP contribution in [-0.4, -0.2) is 52.2 Å². The molecule has 2 fully saturated rings. The van der Waals surface area contributed by atoms with Crippen LogP contribution in [-0.2, 0) is 12.0 Å². The summed E-state index contributed by atoms with van der Waals surface area (Å²) in [5.74, 6) is 1.51. The number of nitrogens with zero attached hydrogens (tertiary/aromatic N) is 4. The summed E-state index contributed by atoms with van der Waals surface area (Å²) in [6.07, 6.45) is 5.33. The van der Waals surface area contributed by atoms with E-state index in [-0.39, 0.29) is 5.41 Å². The first kappa shape index (κ1) is 15.0. The van der Waals surface area contributed by atoms with Crippen LogP contribution in [0.1, 0.15) is 58.2 Å². The predicted molar refractivity (Wildman–Crippen MR) is 82.1 cm³/mol. The van der Waals surface area contributed by atoms with Gasteiger partial charge in [-0.1, -0.05) is 20.8 Å². The van der Waals surface area contributed by atoms with Gasteiger partial charge in [0.05, 0.1) is 6.54 Å². The first-order chi connectivity index (χ1) is 10.0. The highest BCUT2D eigenvalue weighted by atomic mass is 16.4. The quantitative estimate of drug-likeness (QED) is 0.853. The minimum atomic E-state index is -0.0643. The maximum Gasteiger partial charge on any atom is 0.230 e. The first-order valence-electron chi connectivity index (χ1n) is 8.31. The van der Waals surface area contributed by atoms with Crippen molar-refractivity contribution in [3.63, 3.8) is 0 Å². The smallest absolute Gasteiger partial charge is 0.230 e. The maximum absolute atomic E-state index is 5.85. The van der Waals surface area contributed by atoms with Crippen molar-refractivity contribution in [1.29, 1.82) is 0 Å². The van der Waals surface area contributed by atoms with Gasteiger partial charge in [0.25, 0.3) is 0 Å². The van der Waals surface area contributed by atoms with Crippen LogP contribution in [0.15, 0.2) is 4.42 Å². The second kappa shape index (κ2) is 6.05. The zero-order chi connectivity index (χ0) is 14.9. The Balaban J connectivity index is 1.59. The Kier molecular flexibility index (Phi) is 4.31. The Bertz CT molecular complexity index is 459. The minimum Gasteiger partial charge on any atom is -0.423 e. The third kappa shape index (κ3) is 3.64. The van der Waals surface area contributed by atoms with Gasteiger partial charge < -0.3 is 9.32 Å². The lowest BCUT2D eigenvalue weighted by Gasteiger charge is -2.27. The van der Waals surface area contributed by atoms with Crippen LogP contribution < -0.4 is 0 Å². The molecule has 3 heterocycles. The molecule has 0 unspecified atom stereocenters. The summed E-state index contributed by atoms with van der Waals surface area (Å²) < 4.78 is 5.85. The van der Waals surface area contributed by atoms with Gasteiger partial charge in [0.15, 0.2) is 0 Å². The first-order valence-corrected chi connectivity index (χ1v) is 8.31. The highest BCUT2D eigenvalue weighted by Gasteiger charge is 2.29. The van der Waals surface area contributed by atoms with E-state index >= 15 is 0 Å². The standard InChI is InChI=1S/C16H28N4O/c1-16(2,3)15-18-17-14(21-15)12-20-10-6-7-13(20)11-19-8-4-5-9-19/h13H,4-12H2,1-3H3/t13-/m1/s1. The van der Waals surface area contributed by atoms with Crippen molar-refractivity contribution in [3.8, 4) is 0 Å². The lowest BCUT2D eigenvalue weighted by molar-refractivity contribution is 0.171. The summed E-state index contributed by atoms with van der Waals surface area (Å²) in [6.45, 7) is 12.1. The van der Waals surface area contributed by atoms with Gasteiger partial charge >= 0.3 is 0 Å². The lowest BCUT2D eigenvalue weighted by Crippen LogP contribution is -2.39. The van der Waals surface area contributed by atoms with Gasteiger partial charge in [0.2, 0.25) is 11.8 Å². The molecule has 1 aromatic rings. The molecule has 0 spiro atoms. The molecule has 0 amide bonds. The molecule has 0 radical (unpaired) electrons. The molecule has 0 aromatic carbocycles. The Morgan fingerprint density at radius 3 is 2.52 bits per heavy atom. The van der Waals surface area contributed by atoms with Gasteiger partial charge in [-0.25, -0.2) is 0 Å². The van der Waals surface area contributed by atoms with Gasteiger partial charge in [-0.3, -0.25) is 4.90 Å². The number of aromatic nitrogens is 2. The van der Waals surface area contributed by atoms with E-state index in [0.717, 1.165) is 24.9 Å². The zero-order valence-corrected chi connectivity index (χ0v) is 13.6. The van der Waals surface area contributed by atoms with E-state index in [9.17, 15) is 0 Å². The predicted octanol–water partition coefficient (Wildman–Crippen LogP) is 2.43. The second-order valence-electron chi connectivity index (χ2n) is 7.53. The van der Waals surface area contributed by atoms with E-state index in [0.29, 0.717) is 6.04 Å². The molecular formula is C16H28N4O. The Labute approximate surface area is 127 Å². The minimum absolute atomic E-state index is 0.0643. The third-order valence-electron chi connectivity index (χ3n) is 4.61. The van der Waals surface area contributed by atoms with E-state index in [1.165, 1.54) is 45.3 Å². The van der Waals surface area contributed by atoms with Crippen molar-refractivity contribution in [2.24, 2.45) is 0 Å². The molecule has 21 heavy (non-hydrogen) atoms. The van der Waals surface area contributed by atoms with Crippen molar-refractivity contribution >= 4 is 0 Å². The fourth-order valence-electron chi connectivity index (χ4n) is 3.37. The van der Waals surface area contributed by atoms with Crippen molar-refractivity contribution in [1.82, 2.24) is 20.0 Å². The zero-order valence-electron chi connectivity index (χ0n) is 13.6. The van der Waals surface area contributed by atoms with Gasteiger partial charge in [0, 0.05) is 18.0 Å². The molecule has 0 N–H and O–H groups in total. The molecule has 2 aliphatic rings. The van der Waals surface area contributed by atoms with Crippen LogP contribution in [0.25, 0.3) is 0 Å². The average molecular weight is 292 g/mol. The van der Waals surface area contributed by atoms with Crippen LogP contribution in [0.4, 0.5) is 0 Å². The van der Waals surface area contributed by atoms with E-state index in [1.54, 1.807) is 0 Å². The van der Waals surface area contributed by atoms with Crippen LogP contribution in [0.2, 0.25) is 0 Å². The van der Waals surface area contributed by atoms with Crippen LogP contribution in [0, 0.1) is 0 Å². The van der Waals surface area contributed by atoms with Crippen LogP contribution in [0.5, 0.6) is 0 Å². The summed E-state index contributed by atoms with van der Waals surface area (Å²) in [5.41, 5.74) is -0.0643. The molecule has 5 heteroatoms. The molecule has 1 atom stereocenters. The monoisotopic (exact) mass is 292 g/mol. The molecule has 2 saturated heterocycles. The average Bonchev–Trinajstić information content (AvgIpc) is 3.12. The van der Waals surface area contributed by atoms with E-state index < -0.39 is 0 Å². The molecule has 0 saturated carbocycles. The molecular weight excluding hydrogens is 264 g/mol.